The molecule has 24 heavy (non-hydrogen) atoms. The number of benzene rings is 1. The van der Waals surface area contributed by atoms with Crippen LogP contribution in [0.3, 0.4) is 0 Å². The van der Waals surface area contributed by atoms with Gasteiger partial charge < -0.3 is 15.0 Å². The first kappa shape index (κ1) is 18.6. The van der Waals surface area contributed by atoms with Crippen LogP contribution in [-0.4, -0.2) is 42.6 Å². The second-order valence-electron chi connectivity index (χ2n) is 6.01. The Balaban J connectivity index is 1.63. The van der Waals surface area contributed by atoms with E-state index in [2.05, 4.69) is 5.32 Å². The minimum Gasteiger partial charge on any atom is -0.450 e. The van der Waals surface area contributed by atoms with Gasteiger partial charge in [0.05, 0.1) is 6.61 Å². The van der Waals surface area contributed by atoms with Crippen LogP contribution in [0.5, 0.6) is 0 Å². The van der Waals surface area contributed by atoms with Crippen LogP contribution in [-0.2, 0) is 16.0 Å². The van der Waals surface area contributed by atoms with Crippen LogP contribution < -0.4 is 5.32 Å². The minimum atomic E-state index is -0.259. The maximum Gasteiger partial charge on any atom is 0.409 e. The molecule has 1 fully saturated rings. The summed E-state index contributed by atoms with van der Waals surface area (Å²) in [6.45, 7) is 3.46. The summed E-state index contributed by atoms with van der Waals surface area (Å²) >= 11 is 5.86. The second-order valence-corrected chi connectivity index (χ2v) is 6.44. The van der Waals surface area contributed by atoms with Gasteiger partial charge in [-0.05, 0) is 50.3 Å². The van der Waals surface area contributed by atoms with Crippen molar-refractivity contribution in [3.63, 3.8) is 0 Å². The Morgan fingerprint density at radius 2 is 1.92 bits per heavy atom. The number of carbonyl (C=O) groups is 2. The molecular formula is C18H25ClN2O3. The Morgan fingerprint density at radius 3 is 2.54 bits per heavy atom. The number of aryl methyl sites for hydroxylation is 1. The van der Waals surface area contributed by atoms with Gasteiger partial charge in [-0.3, -0.25) is 4.79 Å². The topological polar surface area (TPSA) is 58.6 Å². The summed E-state index contributed by atoms with van der Waals surface area (Å²) in [6.07, 6.45) is 3.50. The largest absolute Gasteiger partial charge is 0.450 e. The van der Waals surface area contributed by atoms with Gasteiger partial charge in [0, 0.05) is 30.6 Å². The molecule has 6 heteroatoms. The van der Waals surface area contributed by atoms with Crippen LogP contribution in [0.25, 0.3) is 0 Å². The Hall–Kier alpha value is -1.75. The van der Waals surface area contributed by atoms with Crippen molar-refractivity contribution in [1.82, 2.24) is 10.2 Å². The van der Waals surface area contributed by atoms with E-state index in [9.17, 15) is 9.59 Å². The van der Waals surface area contributed by atoms with Gasteiger partial charge in [-0.15, -0.1) is 0 Å². The van der Waals surface area contributed by atoms with E-state index in [0.717, 1.165) is 30.7 Å². The van der Waals surface area contributed by atoms with Crippen molar-refractivity contribution in [2.75, 3.05) is 19.7 Å². The summed E-state index contributed by atoms with van der Waals surface area (Å²) in [6, 6.07) is 7.87. The third-order valence-corrected chi connectivity index (χ3v) is 4.42. The first-order valence-corrected chi connectivity index (χ1v) is 8.91. The summed E-state index contributed by atoms with van der Waals surface area (Å²) in [7, 11) is 0. The van der Waals surface area contributed by atoms with Gasteiger partial charge in [0.1, 0.15) is 0 Å². The van der Waals surface area contributed by atoms with Crippen LogP contribution in [0.4, 0.5) is 4.79 Å². The maximum absolute atomic E-state index is 12.0. The highest BCUT2D eigenvalue weighted by Gasteiger charge is 2.24. The number of nitrogens with zero attached hydrogens (tertiary/aromatic N) is 1. The summed E-state index contributed by atoms with van der Waals surface area (Å²) in [5.74, 6) is 0.0820. The van der Waals surface area contributed by atoms with Crippen LogP contribution >= 0.6 is 11.6 Å². The number of halogens is 1. The number of hydrogen-bond donors (Lipinski definition) is 1. The van der Waals surface area contributed by atoms with Crippen molar-refractivity contribution in [1.29, 1.82) is 0 Å². The lowest BCUT2D eigenvalue weighted by Crippen LogP contribution is -2.46. The van der Waals surface area contributed by atoms with Crippen molar-refractivity contribution in [2.24, 2.45) is 0 Å². The predicted molar refractivity (Wildman–Crippen MR) is 94.1 cm³/mol. The van der Waals surface area contributed by atoms with E-state index < -0.39 is 0 Å². The van der Waals surface area contributed by atoms with Gasteiger partial charge in [-0.1, -0.05) is 23.7 Å². The van der Waals surface area contributed by atoms with Crippen molar-refractivity contribution in [3.05, 3.63) is 34.9 Å². The molecule has 5 nitrogen and oxygen atoms in total. The number of ether oxygens (including phenoxy) is 1. The highest BCUT2D eigenvalue weighted by Crippen LogP contribution is 2.13. The SMILES string of the molecule is CCOC(=O)N1CCC(NC(=O)CCCc2ccc(Cl)cc2)CC1. The summed E-state index contributed by atoms with van der Waals surface area (Å²) in [4.78, 5) is 25.4. The third kappa shape index (κ3) is 6.04. The zero-order valence-electron chi connectivity index (χ0n) is 14.1. The van der Waals surface area contributed by atoms with Crippen LogP contribution in [0.1, 0.15) is 38.2 Å². The zero-order valence-corrected chi connectivity index (χ0v) is 14.8. The number of likely N-dealkylation sites (tertiary alicyclic amines) is 1. The number of carbonyl (C=O) groups excluding carboxylic acids is 2. The Morgan fingerprint density at radius 1 is 1.25 bits per heavy atom. The van der Waals surface area contributed by atoms with Crippen LogP contribution in [0, 0.1) is 0 Å². The maximum atomic E-state index is 12.0. The Kier molecular flexibility index (Phi) is 7.37. The zero-order chi connectivity index (χ0) is 17.4. The molecule has 1 N–H and O–H groups in total. The van der Waals surface area contributed by atoms with Gasteiger partial charge in [0.15, 0.2) is 0 Å². The fraction of sp³-hybridized carbons (Fsp3) is 0.556. The predicted octanol–water partition coefficient (Wildman–Crippen LogP) is 3.40. The standard InChI is InChI=1S/C18H25ClN2O3/c1-2-24-18(23)21-12-10-16(11-13-21)20-17(22)5-3-4-14-6-8-15(19)9-7-14/h6-9,16H,2-5,10-13H2,1H3,(H,20,22). The lowest BCUT2D eigenvalue weighted by atomic mass is 10.0. The second kappa shape index (κ2) is 9.52. The summed E-state index contributed by atoms with van der Waals surface area (Å²) in [5.41, 5.74) is 1.19. The van der Waals surface area contributed by atoms with E-state index in [1.54, 1.807) is 11.8 Å². The monoisotopic (exact) mass is 352 g/mol. The smallest absolute Gasteiger partial charge is 0.409 e. The van der Waals surface area contributed by atoms with Gasteiger partial charge in [-0.25, -0.2) is 4.79 Å². The van der Waals surface area contributed by atoms with E-state index in [-0.39, 0.29) is 18.0 Å². The van der Waals surface area contributed by atoms with E-state index in [1.807, 2.05) is 24.3 Å². The Labute approximate surface area is 148 Å². The van der Waals surface area contributed by atoms with Gasteiger partial charge in [0.25, 0.3) is 0 Å². The normalized spacial score (nSPS) is 15.2. The molecule has 1 aliphatic rings. The lowest BCUT2D eigenvalue weighted by molar-refractivity contribution is -0.122. The van der Waals surface area contributed by atoms with E-state index in [4.69, 9.17) is 16.3 Å². The molecule has 132 valence electrons. The quantitative estimate of drug-likeness (QED) is 0.853. The summed E-state index contributed by atoms with van der Waals surface area (Å²) < 4.78 is 4.99. The fourth-order valence-electron chi connectivity index (χ4n) is 2.83. The van der Waals surface area contributed by atoms with Gasteiger partial charge in [-0.2, -0.15) is 0 Å². The van der Waals surface area contributed by atoms with Crippen LogP contribution in [0.15, 0.2) is 24.3 Å². The molecule has 1 saturated heterocycles. The van der Waals surface area contributed by atoms with Crippen molar-refractivity contribution in [2.45, 2.75) is 45.1 Å². The van der Waals surface area contributed by atoms with Crippen molar-refractivity contribution >= 4 is 23.6 Å². The van der Waals surface area contributed by atoms with Crippen LogP contribution in [0.2, 0.25) is 5.02 Å². The highest BCUT2D eigenvalue weighted by molar-refractivity contribution is 6.30. The molecule has 1 aromatic carbocycles. The van der Waals surface area contributed by atoms with E-state index >= 15 is 0 Å². The molecule has 0 bridgehead atoms. The number of amides is 2. The van der Waals surface area contributed by atoms with E-state index in [0.29, 0.717) is 26.1 Å². The number of nitrogens with one attached hydrogen (secondary N) is 1. The third-order valence-electron chi connectivity index (χ3n) is 4.17. The molecule has 2 rings (SSSR count). The molecule has 0 radical (unpaired) electrons. The molecule has 0 aliphatic carbocycles. The Bertz CT molecular complexity index is 540. The number of piperidine rings is 1. The molecule has 1 heterocycles. The van der Waals surface area contributed by atoms with Gasteiger partial charge >= 0.3 is 6.09 Å². The number of rotatable bonds is 6. The molecule has 1 aromatic rings. The summed E-state index contributed by atoms with van der Waals surface area (Å²) in [5, 5.41) is 3.79. The minimum absolute atomic E-state index is 0.0820. The highest BCUT2D eigenvalue weighted by atomic mass is 35.5. The van der Waals surface area contributed by atoms with Gasteiger partial charge in [0.2, 0.25) is 5.91 Å². The van der Waals surface area contributed by atoms with E-state index in [1.165, 1.54) is 5.56 Å². The molecule has 0 unspecified atom stereocenters. The van der Waals surface area contributed by atoms with Crippen molar-refractivity contribution in [3.8, 4) is 0 Å². The average Bonchev–Trinajstić information content (AvgIpc) is 2.57. The lowest BCUT2D eigenvalue weighted by Gasteiger charge is -2.31. The molecule has 0 saturated carbocycles. The molecule has 0 atom stereocenters. The molecule has 0 aromatic heterocycles. The molecule has 2 amide bonds. The fourth-order valence-corrected chi connectivity index (χ4v) is 2.95. The first-order chi connectivity index (χ1) is 11.6. The molecule has 1 aliphatic heterocycles. The average molecular weight is 353 g/mol. The van der Waals surface area contributed by atoms with Crippen molar-refractivity contribution < 1.29 is 14.3 Å². The number of hydrogen-bond acceptors (Lipinski definition) is 3. The molecular weight excluding hydrogens is 328 g/mol. The first-order valence-electron chi connectivity index (χ1n) is 8.54. The molecule has 0 spiro atoms.